The zero-order valence-electron chi connectivity index (χ0n) is 9.37. The summed E-state index contributed by atoms with van der Waals surface area (Å²) in [6, 6.07) is 5.28. The van der Waals surface area contributed by atoms with E-state index in [9.17, 15) is 4.79 Å². The Kier molecular flexibility index (Phi) is 3.55. The zero-order valence-corrected chi connectivity index (χ0v) is 9.37. The van der Waals surface area contributed by atoms with Gasteiger partial charge in [0.2, 0.25) is 12.3 Å². The number of hydrogen-bond donors (Lipinski definition) is 0. The van der Waals surface area contributed by atoms with E-state index in [4.69, 9.17) is 10.00 Å². The van der Waals surface area contributed by atoms with Crippen molar-refractivity contribution in [1.82, 2.24) is 9.88 Å². The molecule has 2 heterocycles. The first-order chi connectivity index (χ1) is 8.31. The Morgan fingerprint density at radius 1 is 1.65 bits per heavy atom. The van der Waals surface area contributed by atoms with E-state index in [0.29, 0.717) is 18.0 Å². The van der Waals surface area contributed by atoms with Crippen LogP contribution in [0.1, 0.15) is 18.4 Å². The fourth-order valence-electron chi connectivity index (χ4n) is 1.87. The SMILES string of the molecule is N#Cc1ccnc(O[C@@H]2CCCN(C=O)C2)c1. The lowest BCUT2D eigenvalue weighted by Crippen LogP contribution is -2.40. The van der Waals surface area contributed by atoms with Crippen LogP contribution in [0.3, 0.4) is 0 Å². The molecule has 1 aliphatic rings. The van der Waals surface area contributed by atoms with E-state index in [1.165, 1.54) is 0 Å². The van der Waals surface area contributed by atoms with Gasteiger partial charge in [-0.05, 0) is 18.9 Å². The molecule has 0 radical (unpaired) electrons. The van der Waals surface area contributed by atoms with Crippen molar-refractivity contribution in [2.75, 3.05) is 13.1 Å². The molecule has 0 bridgehead atoms. The van der Waals surface area contributed by atoms with Crippen molar-refractivity contribution in [3.8, 4) is 11.9 Å². The van der Waals surface area contributed by atoms with Gasteiger partial charge in [-0.2, -0.15) is 5.26 Å². The number of aromatic nitrogens is 1. The summed E-state index contributed by atoms with van der Waals surface area (Å²) in [4.78, 5) is 16.4. The van der Waals surface area contributed by atoms with E-state index < -0.39 is 0 Å². The van der Waals surface area contributed by atoms with Crippen LogP contribution in [-0.2, 0) is 4.79 Å². The molecule has 88 valence electrons. The van der Waals surface area contributed by atoms with Gasteiger partial charge in [0.25, 0.3) is 0 Å². The molecule has 1 saturated heterocycles. The van der Waals surface area contributed by atoms with Gasteiger partial charge in [-0.25, -0.2) is 4.98 Å². The van der Waals surface area contributed by atoms with Gasteiger partial charge in [-0.15, -0.1) is 0 Å². The van der Waals surface area contributed by atoms with E-state index in [0.717, 1.165) is 25.8 Å². The number of pyridine rings is 1. The predicted molar refractivity (Wildman–Crippen MR) is 60.2 cm³/mol. The Morgan fingerprint density at radius 2 is 2.53 bits per heavy atom. The molecule has 1 fully saturated rings. The van der Waals surface area contributed by atoms with Gasteiger partial charge >= 0.3 is 0 Å². The lowest BCUT2D eigenvalue weighted by molar-refractivity contribution is -0.120. The largest absolute Gasteiger partial charge is 0.472 e. The molecule has 1 amide bonds. The number of amides is 1. The van der Waals surface area contributed by atoms with Crippen molar-refractivity contribution in [3.05, 3.63) is 23.9 Å². The molecule has 1 aromatic heterocycles. The number of carbonyl (C=O) groups excluding carboxylic acids is 1. The minimum Gasteiger partial charge on any atom is -0.472 e. The Morgan fingerprint density at radius 3 is 3.29 bits per heavy atom. The lowest BCUT2D eigenvalue weighted by Gasteiger charge is -2.29. The zero-order chi connectivity index (χ0) is 12.1. The second-order valence-corrected chi connectivity index (χ2v) is 3.98. The van der Waals surface area contributed by atoms with E-state index in [1.54, 1.807) is 23.2 Å². The van der Waals surface area contributed by atoms with Crippen molar-refractivity contribution in [3.63, 3.8) is 0 Å². The summed E-state index contributed by atoms with van der Waals surface area (Å²) in [5.74, 6) is 0.446. The third kappa shape index (κ3) is 2.94. The molecular formula is C12H13N3O2. The number of hydrogen-bond acceptors (Lipinski definition) is 4. The fraction of sp³-hybridized carbons (Fsp3) is 0.417. The monoisotopic (exact) mass is 231 g/mol. The first-order valence-corrected chi connectivity index (χ1v) is 5.54. The van der Waals surface area contributed by atoms with Crippen molar-refractivity contribution in [1.29, 1.82) is 5.26 Å². The molecule has 1 aliphatic heterocycles. The first-order valence-electron chi connectivity index (χ1n) is 5.54. The highest BCUT2D eigenvalue weighted by Gasteiger charge is 2.20. The van der Waals surface area contributed by atoms with Crippen LogP contribution in [0.5, 0.6) is 5.88 Å². The van der Waals surface area contributed by atoms with Crippen LogP contribution in [0, 0.1) is 11.3 Å². The van der Waals surface area contributed by atoms with Crippen molar-refractivity contribution in [2.45, 2.75) is 18.9 Å². The minimum absolute atomic E-state index is 0.0320. The molecular weight excluding hydrogens is 218 g/mol. The van der Waals surface area contributed by atoms with Crippen molar-refractivity contribution in [2.24, 2.45) is 0 Å². The number of ether oxygens (including phenoxy) is 1. The molecule has 0 unspecified atom stereocenters. The molecule has 0 N–H and O–H groups in total. The smallest absolute Gasteiger partial charge is 0.214 e. The molecule has 1 aromatic rings. The van der Waals surface area contributed by atoms with Gasteiger partial charge in [0.1, 0.15) is 6.10 Å². The van der Waals surface area contributed by atoms with E-state index in [-0.39, 0.29) is 6.10 Å². The number of nitriles is 1. The molecule has 5 heteroatoms. The highest BCUT2D eigenvalue weighted by atomic mass is 16.5. The van der Waals surface area contributed by atoms with Crippen molar-refractivity contribution >= 4 is 6.41 Å². The minimum atomic E-state index is -0.0320. The van der Waals surface area contributed by atoms with Gasteiger partial charge in [0.05, 0.1) is 18.2 Å². The Hall–Kier alpha value is -2.09. The summed E-state index contributed by atoms with van der Waals surface area (Å²) in [5, 5.41) is 8.76. The lowest BCUT2D eigenvalue weighted by atomic mass is 10.1. The van der Waals surface area contributed by atoms with E-state index in [2.05, 4.69) is 4.98 Å². The maximum absolute atomic E-state index is 10.7. The standard InChI is InChI=1S/C12H13N3O2/c13-7-10-3-4-14-12(6-10)17-11-2-1-5-15(8-11)9-16/h3-4,6,9,11H,1-2,5,8H2/t11-/m1/s1. The van der Waals surface area contributed by atoms with E-state index in [1.807, 2.05) is 6.07 Å². The average Bonchev–Trinajstić information content (AvgIpc) is 2.39. The van der Waals surface area contributed by atoms with Gasteiger partial charge < -0.3 is 9.64 Å². The molecule has 5 nitrogen and oxygen atoms in total. The number of carbonyl (C=O) groups is 1. The molecule has 0 spiro atoms. The number of rotatable bonds is 3. The van der Waals surface area contributed by atoms with Crippen LogP contribution in [0.15, 0.2) is 18.3 Å². The van der Waals surface area contributed by atoms with Gasteiger partial charge in [-0.1, -0.05) is 0 Å². The van der Waals surface area contributed by atoms with Crippen LogP contribution < -0.4 is 4.74 Å². The molecule has 17 heavy (non-hydrogen) atoms. The maximum atomic E-state index is 10.7. The quantitative estimate of drug-likeness (QED) is 0.726. The summed E-state index contributed by atoms with van der Waals surface area (Å²) in [6.07, 6.45) is 4.20. The van der Waals surface area contributed by atoms with Gasteiger partial charge in [0.15, 0.2) is 0 Å². The predicted octanol–water partition coefficient (Wildman–Crippen LogP) is 0.953. The number of nitrogens with zero attached hydrogens (tertiary/aromatic N) is 3. The van der Waals surface area contributed by atoms with Gasteiger partial charge in [0, 0.05) is 18.8 Å². The topological polar surface area (TPSA) is 66.2 Å². The summed E-state index contributed by atoms with van der Waals surface area (Å²) < 4.78 is 5.67. The normalized spacial score (nSPS) is 19.5. The average molecular weight is 231 g/mol. The van der Waals surface area contributed by atoms with Crippen LogP contribution in [0.25, 0.3) is 0 Å². The fourth-order valence-corrected chi connectivity index (χ4v) is 1.87. The highest BCUT2D eigenvalue weighted by molar-refractivity contribution is 5.47. The van der Waals surface area contributed by atoms with Crippen LogP contribution in [0.2, 0.25) is 0 Å². The van der Waals surface area contributed by atoms with Crippen LogP contribution in [0.4, 0.5) is 0 Å². The summed E-state index contributed by atoms with van der Waals surface area (Å²) in [7, 11) is 0. The van der Waals surface area contributed by atoms with Crippen LogP contribution >= 0.6 is 0 Å². The third-order valence-electron chi connectivity index (χ3n) is 2.71. The number of piperidine rings is 1. The molecule has 0 saturated carbocycles. The van der Waals surface area contributed by atoms with E-state index >= 15 is 0 Å². The second kappa shape index (κ2) is 5.30. The maximum Gasteiger partial charge on any atom is 0.214 e. The Labute approximate surface area is 99.6 Å². The summed E-state index contributed by atoms with van der Waals surface area (Å²) in [5.41, 5.74) is 0.526. The van der Waals surface area contributed by atoms with Crippen molar-refractivity contribution < 1.29 is 9.53 Å². The molecule has 2 rings (SSSR count). The summed E-state index contributed by atoms with van der Waals surface area (Å²) >= 11 is 0. The first kappa shape index (κ1) is 11.4. The highest BCUT2D eigenvalue weighted by Crippen LogP contribution is 2.16. The summed E-state index contributed by atoms with van der Waals surface area (Å²) in [6.45, 7) is 1.37. The Balaban J connectivity index is 2.00. The van der Waals surface area contributed by atoms with Crippen LogP contribution in [-0.4, -0.2) is 35.5 Å². The van der Waals surface area contributed by atoms with Gasteiger partial charge in [-0.3, -0.25) is 4.79 Å². The number of likely N-dealkylation sites (tertiary alicyclic amines) is 1. The third-order valence-corrected chi connectivity index (χ3v) is 2.71. The molecule has 0 aliphatic carbocycles. The molecule has 0 aromatic carbocycles. The Bertz CT molecular complexity index is 442. The second-order valence-electron chi connectivity index (χ2n) is 3.98. The molecule has 1 atom stereocenters.